The molecule has 8 nitrogen and oxygen atoms in total. The summed E-state index contributed by atoms with van der Waals surface area (Å²) in [6.45, 7) is -0.0216. The summed E-state index contributed by atoms with van der Waals surface area (Å²) in [5, 5.41) is 15.3. The topological polar surface area (TPSA) is 102 Å². The maximum Gasteiger partial charge on any atom is 0.428 e. The van der Waals surface area contributed by atoms with Crippen LogP contribution in [-0.2, 0) is 6.54 Å². The van der Waals surface area contributed by atoms with Crippen LogP contribution in [0.1, 0.15) is 11.1 Å². The number of halogens is 7. The molecule has 0 bridgehead atoms. The van der Waals surface area contributed by atoms with Crippen LogP contribution in [0.2, 0.25) is 0 Å². The number of aliphatic hydroxyl groups is 1. The van der Waals surface area contributed by atoms with Crippen molar-refractivity contribution in [3.05, 3.63) is 65.9 Å². The number of hydrogen-bond acceptors (Lipinski definition) is 7. The second-order valence-corrected chi connectivity index (χ2v) is 7.94. The Bertz CT molecular complexity index is 1370. The molecule has 0 atom stereocenters. The summed E-state index contributed by atoms with van der Waals surface area (Å²) in [5.74, 6) is -2.50. The number of hydrogen-bond donors (Lipinski definition) is 2. The summed E-state index contributed by atoms with van der Waals surface area (Å²) >= 11 is 0. The first-order valence-electron chi connectivity index (χ1n) is 10.4. The molecule has 4 aromatic rings. The number of anilines is 1. The zero-order chi connectivity index (χ0) is 27.0. The molecular formula is C22H17F7N6O2. The van der Waals surface area contributed by atoms with E-state index in [-0.39, 0.29) is 24.0 Å². The van der Waals surface area contributed by atoms with Crippen molar-refractivity contribution in [2.45, 2.75) is 31.4 Å². The summed E-state index contributed by atoms with van der Waals surface area (Å²) in [4.78, 5) is 11.5. The number of benzene rings is 1. The standard InChI is InChI=1S/C22H17F7N6O2/c1-12-4-2-3-5-13(12)10-35-16(19-30-6-7-37-19)8-15(34-35)18-31-9-14(23)17(33-18)32-11-20(36,21(24,25)26)22(27,28)29/h2-9,36H,10-11H2,1H3,(H,31,32,33). The molecule has 0 fully saturated rings. The third kappa shape index (κ3) is 5.12. The van der Waals surface area contributed by atoms with Crippen LogP contribution in [0.25, 0.3) is 23.1 Å². The summed E-state index contributed by atoms with van der Waals surface area (Å²) in [5.41, 5.74) is -2.96. The quantitative estimate of drug-likeness (QED) is 0.332. The summed E-state index contributed by atoms with van der Waals surface area (Å²) < 4.78 is 98.9. The van der Waals surface area contributed by atoms with Gasteiger partial charge in [-0.1, -0.05) is 24.3 Å². The number of rotatable bonds is 7. The van der Waals surface area contributed by atoms with E-state index in [0.29, 0.717) is 11.9 Å². The van der Waals surface area contributed by atoms with Gasteiger partial charge in [-0.3, -0.25) is 4.68 Å². The molecule has 0 aliphatic heterocycles. The third-order valence-electron chi connectivity index (χ3n) is 5.44. The van der Waals surface area contributed by atoms with Crippen molar-refractivity contribution >= 4 is 5.82 Å². The van der Waals surface area contributed by atoms with Crippen LogP contribution in [0.3, 0.4) is 0 Å². The number of aromatic nitrogens is 5. The van der Waals surface area contributed by atoms with Gasteiger partial charge in [0.1, 0.15) is 17.7 Å². The molecule has 0 aliphatic carbocycles. The highest BCUT2D eigenvalue weighted by Gasteiger charge is 2.70. The molecule has 196 valence electrons. The first kappa shape index (κ1) is 26.1. The third-order valence-corrected chi connectivity index (χ3v) is 5.44. The average molecular weight is 530 g/mol. The van der Waals surface area contributed by atoms with Crippen molar-refractivity contribution in [1.82, 2.24) is 24.7 Å². The van der Waals surface area contributed by atoms with Crippen molar-refractivity contribution < 1.29 is 40.3 Å². The van der Waals surface area contributed by atoms with Gasteiger partial charge < -0.3 is 14.8 Å². The van der Waals surface area contributed by atoms with E-state index in [1.165, 1.54) is 23.2 Å². The lowest BCUT2D eigenvalue weighted by molar-refractivity contribution is -0.362. The molecule has 0 unspecified atom stereocenters. The van der Waals surface area contributed by atoms with E-state index in [1.807, 2.05) is 31.2 Å². The minimum atomic E-state index is -6.09. The SMILES string of the molecule is Cc1ccccc1Cn1nc(-c2ncc(F)c(NCC(O)(C(F)(F)F)C(F)(F)F)n2)cc1-c1ncco1. The van der Waals surface area contributed by atoms with E-state index in [0.717, 1.165) is 11.1 Å². The van der Waals surface area contributed by atoms with Gasteiger partial charge >= 0.3 is 12.4 Å². The van der Waals surface area contributed by atoms with Crippen LogP contribution in [-0.4, -0.2) is 54.3 Å². The minimum absolute atomic E-state index is 0.00624. The van der Waals surface area contributed by atoms with Gasteiger partial charge in [0.25, 0.3) is 5.60 Å². The van der Waals surface area contributed by atoms with Gasteiger partial charge in [0.05, 0.1) is 25.5 Å². The Kier molecular flexibility index (Phi) is 6.66. The zero-order valence-electron chi connectivity index (χ0n) is 18.8. The van der Waals surface area contributed by atoms with Crippen molar-refractivity contribution in [3.63, 3.8) is 0 Å². The second-order valence-electron chi connectivity index (χ2n) is 7.94. The summed E-state index contributed by atoms with van der Waals surface area (Å²) in [6.07, 6.45) is -8.93. The molecule has 0 saturated carbocycles. The molecule has 0 aliphatic rings. The van der Waals surface area contributed by atoms with Gasteiger partial charge in [-0.15, -0.1) is 0 Å². The van der Waals surface area contributed by atoms with Crippen LogP contribution in [0.5, 0.6) is 0 Å². The molecule has 37 heavy (non-hydrogen) atoms. The van der Waals surface area contributed by atoms with E-state index < -0.39 is 36.1 Å². The van der Waals surface area contributed by atoms with E-state index in [4.69, 9.17) is 4.42 Å². The lowest BCUT2D eigenvalue weighted by Crippen LogP contribution is -2.61. The maximum atomic E-state index is 14.2. The van der Waals surface area contributed by atoms with Crippen LogP contribution >= 0.6 is 0 Å². The van der Waals surface area contributed by atoms with Gasteiger partial charge in [0.15, 0.2) is 17.5 Å². The van der Waals surface area contributed by atoms with Gasteiger partial charge in [0.2, 0.25) is 5.89 Å². The second kappa shape index (κ2) is 9.46. The number of nitrogens with zero attached hydrogens (tertiary/aromatic N) is 5. The van der Waals surface area contributed by atoms with Crippen LogP contribution in [0, 0.1) is 12.7 Å². The highest BCUT2D eigenvalue weighted by Crippen LogP contribution is 2.43. The normalized spacial score (nSPS) is 12.7. The molecule has 4 rings (SSSR count). The molecule has 1 aromatic carbocycles. The fourth-order valence-corrected chi connectivity index (χ4v) is 3.30. The van der Waals surface area contributed by atoms with E-state index in [1.54, 1.807) is 5.32 Å². The molecule has 0 saturated heterocycles. The highest BCUT2D eigenvalue weighted by molar-refractivity contribution is 5.61. The Labute approximate surface area is 203 Å². The lowest BCUT2D eigenvalue weighted by Gasteiger charge is -2.32. The zero-order valence-corrected chi connectivity index (χ0v) is 18.8. The van der Waals surface area contributed by atoms with Gasteiger partial charge in [-0.05, 0) is 18.1 Å². The summed E-state index contributed by atoms with van der Waals surface area (Å²) in [7, 11) is 0. The Hall–Kier alpha value is -4.01. The molecule has 0 radical (unpaired) electrons. The average Bonchev–Trinajstić information content (AvgIpc) is 3.48. The van der Waals surface area contributed by atoms with Crippen molar-refractivity contribution in [2.24, 2.45) is 0 Å². The molecule has 0 amide bonds. The predicted molar refractivity (Wildman–Crippen MR) is 115 cm³/mol. The highest BCUT2D eigenvalue weighted by atomic mass is 19.4. The van der Waals surface area contributed by atoms with Crippen molar-refractivity contribution in [3.8, 4) is 23.1 Å². The Morgan fingerprint density at radius 1 is 1.05 bits per heavy atom. The Morgan fingerprint density at radius 3 is 2.38 bits per heavy atom. The summed E-state index contributed by atoms with van der Waals surface area (Å²) in [6, 6.07) is 8.83. The van der Waals surface area contributed by atoms with Crippen molar-refractivity contribution in [2.75, 3.05) is 11.9 Å². The first-order valence-corrected chi connectivity index (χ1v) is 10.4. The van der Waals surface area contributed by atoms with E-state index >= 15 is 0 Å². The molecule has 0 spiro atoms. The molecule has 3 heterocycles. The van der Waals surface area contributed by atoms with Crippen molar-refractivity contribution in [1.29, 1.82) is 0 Å². The lowest BCUT2D eigenvalue weighted by atomic mass is 10.0. The van der Waals surface area contributed by atoms with Crippen LogP contribution in [0.15, 0.2) is 53.4 Å². The van der Waals surface area contributed by atoms with Gasteiger partial charge in [-0.2, -0.15) is 31.4 Å². The smallest absolute Gasteiger partial charge is 0.428 e. The minimum Gasteiger partial charge on any atom is -0.443 e. The number of nitrogens with one attached hydrogen (secondary N) is 1. The van der Waals surface area contributed by atoms with E-state index in [2.05, 4.69) is 20.1 Å². The maximum absolute atomic E-state index is 14.2. The first-order chi connectivity index (χ1) is 17.3. The molecular weight excluding hydrogens is 513 g/mol. The van der Waals surface area contributed by atoms with Gasteiger partial charge in [-0.25, -0.2) is 19.3 Å². The fourth-order valence-electron chi connectivity index (χ4n) is 3.30. The molecule has 15 heteroatoms. The Morgan fingerprint density at radius 2 is 1.76 bits per heavy atom. The fraction of sp³-hybridized carbons (Fsp3) is 0.273. The molecule has 2 N–H and O–H groups in total. The Balaban J connectivity index is 1.69. The van der Waals surface area contributed by atoms with Crippen LogP contribution < -0.4 is 5.32 Å². The largest absolute Gasteiger partial charge is 0.443 e. The monoisotopic (exact) mass is 530 g/mol. The van der Waals surface area contributed by atoms with E-state index in [9.17, 15) is 35.8 Å². The van der Waals surface area contributed by atoms with Gasteiger partial charge in [0, 0.05) is 6.07 Å². The number of oxazole rings is 1. The number of alkyl halides is 6. The number of aryl methyl sites for hydroxylation is 1. The molecule has 3 aromatic heterocycles. The predicted octanol–water partition coefficient (Wildman–Crippen LogP) is 4.76. The van der Waals surface area contributed by atoms with Crippen LogP contribution in [0.4, 0.5) is 36.6 Å².